The van der Waals surface area contributed by atoms with Gasteiger partial charge in [-0.05, 0) is 113 Å². The molecule has 0 fully saturated rings. The Balaban J connectivity index is 1.55. The molecule has 0 spiro atoms. The van der Waals surface area contributed by atoms with Gasteiger partial charge in [0.15, 0.2) is 0 Å². The van der Waals surface area contributed by atoms with Crippen molar-refractivity contribution in [3.05, 3.63) is 127 Å². The average Bonchev–Trinajstić information content (AvgIpc) is 2.97. The number of aryl methyl sites for hydroxylation is 1. The molecule has 0 unspecified atom stereocenters. The molecule has 0 aromatic heterocycles. The smallest absolute Gasteiger partial charge is 0.0119 e. The lowest BCUT2D eigenvalue weighted by Crippen LogP contribution is -1.91. The predicted octanol–water partition coefficient (Wildman–Crippen LogP) is 10.8. The van der Waals surface area contributed by atoms with Crippen LogP contribution in [-0.4, -0.2) is 0 Å². The summed E-state index contributed by atoms with van der Waals surface area (Å²) >= 11 is 4.77. The molecule has 0 saturated heterocycles. The molecule has 8 rings (SSSR count). The maximum absolute atomic E-state index is 4.77. The van der Waals surface area contributed by atoms with Crippen LogP contribution in [0.15, 0.2) is 126 Å². The molecule has 38 heavy (non-hydrogen) atoms. The molecule has 0 aliphatic rings. The zero-order chi connectivity index (χ0) is 25.4. The molecule has 178 valence electrons. The molecular weight excluding hydrogens is 476 g/mol. The molecular formula is C37H24S. The molecule has 0 saturated carbocycles. The minimum absolute atomic E-state index is 1.00. The van der Waals surface area contributed by atoms with E-state index in [0.717, 1.165) is 4.90 Å². The zero-order valence-corrected chi connectivity index (χ0v) is 21.9. The third-order valence-corrected chi connectivity index (χ3v) is 8.62. The van der Waals surface area contributed by atoms with Gasteiger partial charge in [-0.15, -0.1) is 12.6 Å². The summed E-state index contributed by atoms with van der Waals surface area (Å²) in [6.07, 6.45) is 0. The number of rotatable bonds is 2. The average molecular weight is 501 g/mol. The molecule has 0 atom stereocenters. The molecule has 1 heteroatoms. The lowest BCUT2D eigenvalue weighted by Gasteiger charge is -2.19. The largest absolute Gasteiger partial charge is 0.143 e. The second kappa shape index (κ2) is 8.08. The van der Waals surface area contributed by atoms with Crippen LogP contribution in [0.4, 0.5) is 0 Å². The number of fused-ring (bicyclic) bond motifs is 6. The first-order valence-corrected chi connectivity index (χ1v) is 13.5. The monoisotopic (exact) mass is 500 g/mol. The summed E-state index contributed by atoms with van der Waals surface area (Å²) in [4.78, 5) is 1.00. The van der Waals surface area contributed by atoms with Crippen molar-refractivity contribution in [2.45, 2.75) is 11.8 Å². The fourth-order valence-corrected chi connectivity index (χ4v) is 6.75. The fourth-order valence-electron chi connectivity index (χ4n) is 6.47. The van der Waals surface area contributed by atoms with Gasteiger partial charge in [0.1, 0.15) is 0 Å². The second-order valence-electron chi connectivity index (χ2n) is 10.3. The summed E-state index contributed by atoms with van der Waals surface area (Å²) in [5.41, 5.74) is 6.12. The zero-order valence-electron chi connectivity index (χ0n) is 21.0. The van der Waals surface area contributed by atoms with Gasteiger partial charge in [0.05, 0.1) is 0 Å². The Hall–Kier alpha value is -4.33. The van der Waals surface area contributed by atoms with Gasteiger partial charge in [-0.3, -0.25) is 0 Å². The fraction of sp³-hybridized carbons (Fsp3) is 0.0270. The number of benzene rings is 8. The highest BCUT2D eigenvalue weighted by molar-refractivity contribution is 7.80. The minimum atomic E-state index is 1.00. The standard InChI is InChI=1S/C37H24S/c1-22-17-18-23(19-32(22)29-13-6-7-16-35(29)38)24-20-33-27-11-4-2-9-25(27)30-14-8-15-31-26-10-3-5-12-28(26)34(21-24)37(33)36(30)31/h2-21,38H,1H3. The highest BCUT2D eigenvalue weighted by Crippen LogP contribution is 2.46. The van der Waals surface area contributed by atoms with Crippen LogP contribution in [0.5, 0.6) is 0 Å². The van der Waals surface area contributed by atoms with Crippen LogP contribution in [0.2, 0.25) is 0 Å². The van der Waals surface area contributed by atoms with E-state index in [-0.39, 0.29) is 0 Å². The lowest BCUT2D eigenvalue weighted by atomic mass is 9.84. The van der Waals surface area contributed by atoms with Crippen molar-refractivity contribution in [1.82, 2.24) is 0 Å². The van der Waals surface area contributed by atoms with Gasteiger partial charge < -0.3 is 0 Å². The molecule has 0 aliphatic carbocycles. The van der Waals surface area contributed by atoms with Gasteiger partial charge in [-0.2, -0.15) is 0 Å². The van der Waals surface area contributed by atoms with E-state index in [2.05, 4.69) is 122 Å². The van der Waals surface area contributed by atoms with E-state index in [9.17, 15) is 0 Å². The van der Waals surface area contributed by atoms with E-state index in [1.165, 1.54) is 81.7 Å². The van der Waals surface area contributed by atoms with Gasteiger partial charge in [0.25, 0.3) is 0 Å². The number of hydrogen-bond acceptors (Lipinski definition) is 1. The first kappa shape index (κ1) is 21.7. The topological polar surface area (TPSA) is 0 Å². The van der Waals surface area contributed by atoms with E-state index in [4.69, 9.17) is 12.6 Å². The van der Waals surface area contributed by atoms with Crippen LogP contribution in [0.25, 0.3) is 76.1 Å². The van der Waals surface area contributed by atoms with Crippen molar-refractivity contribution in [3.8, 4) is 22.3 Å². The summed E-state index contributed by atoms with van der Waals surface area (Å²) in [6, 6.07) is 44.5. The molecule has 0 aliphatic heterocycles. The molecule has 0 amide bonds. The van der Waals surface area contributed by atoms with Crippen molar-refractivity contribution >= 4 is 66.5 Å². The Bertz CT molecular complexity index is 2100. The highest BCUT2D eigenvalue weighted by atomic mass is 32.1. The summed E-state index contributed by atoms with van der Waals surface area (Å²) in [5.74, 6) is 0. The van der Waals surface area contributed by atoms with Crippen molar-refractivity contribution in [1.29, 1.82) is 0 Å². The van der Waals surface area contributed by atoms with E-state index in [1.807, 2.05) is 6.07 Å². The van der Waals surface area contributed by atoms with Crippen LogP contribution in [-0.2, 0) is 0 Å². The van der Waals surface area contributed by atoms with Crippen LogP contribution < -0.4 is 0 Å². The Morgan fingerprint density at radius 3 is 1.50 bits per heavy atom. The van der Waals surface area contributed by atoms with E-state index in [0.29, 0.717) is 0 Å². The van der Waals surface area contributed by atoms with Gasteiger partial charge in [0, 0.05) is 4.90 Å². The molecule has 0 nitrogen and oxygen atoms in total. The van der Waals surface area contributed by atoms with Crippen molar-refractivity contribution in [2.24, 2.45) is 0 Å². The third-order valence-electron chi connectivity index (χ3n) is 8.23. The molecule has 0 bridgehead atoms. The summed E-state index contributed by atoms with van der Waals surface area (Å²) in [6.45, 7) is 2.18. The molecule has 0 heterocycles. The second-order valence-corrected chi connectivity index (χ2v) is 10.8. The van der Waals surface area contributed by atoms with Crippen LogP contribution in [0.3, 0.4) is 0 Å². The van der Waals surface area contributed by atoms with Gasteiger partial charge in [-0.1, -0.05) is 97.1 Å². The predicted molar refractivity (Wildman–Crippen MR) is 168 cm³/mol. The lowest BCUT2D eigenvalue weighted by molar-refractivity contribution is 1.40. The number of thiol groups is 1. The summed E-state index contributed by atoms with van der Waals surface area (Å²) in [5, 5.41) is 13.3. The highest BCUT2D eigenvalue weighted by Gasteiger charge is 2.18. The van der Waals surface area contributed by atoms with Crippen molar-refractivity contribution in [2.75, 3.05) is 0 Å². The van der Waals surface area contributed by atoms with Crippen molar-refractivity contribution < 1.29 is 0 Å². The Labute approximate surface area is 226 Å². The Kier molecular flexibility index (Phi) is 4.62. The Morgan fingerprint density at radius 1 is 0.395 bits per heavy atom. The van der Waals surface area contributed by atoms with Crippen molar-refractivity contribution in [3.63, 3.8) is 0 Å². The van der Waals surface area contributed by atoms with E-state index >= 15 is 0 Å². The molecule has 0 radical (unpaired) electrons. The molecule has 8 aromatic rings. The van der Waals surface area contributed by atoms with Crippen LogP contribution >= 0.6 is 12.6 Å². The van der Waals surface area contributed by atoms with Gasteiger partial charge in [0.2, 0.25) is 0 Å². The SMILES string of the molecule is Cc1ccc(-c2cc3c4ccccc4c4cccc5c6ccccc6c(c2)c3c45)cc1-c1ccccc1S. The van der Waals surface area contributed by atoms with E-state index in [1.54, 1.807) is 0 Å². The Morgan fingerprint density at radius 2 is 0.895 bits per heavy atom. The molecule has 8 aromatic carbocycles. The maximum Gasteiger partial charge on any atom is 0.0119 e. The first-order valence-electron chi connectivity index (χ1n) is 13.1. The third kappa shape index (κ3) is 3.00. The maximum atomic E-state index is 4.77. The van der Waals surface area contributed by atoms with Crippen LogP contribution in [0, 0.1) is 6.92 Å². The van der Waals surface area contributed by atoms with E-state index < -0.39 is 0 Å². The van der Waals surface area contributed by atoms with Gasteiger partial charge >= 0.3 is 0 Å². The first-order chi connectivity index (χ1) is 18.7. The van der Waals surface area contributed by atoms with Gasteiger partial charge in [-0.25, -0.2) is 0 Å². The van der Waals surface area contributed by atoms with Crippen LogP contribution in [0.1, 0.15) is 5.56 Å². The number of hydrogen-bond donors (Lipinski definition) is 1. The summed E-state index contributed by atoms with van der Waals surface area (Å²) in [7, 11) is 0. The normalized spacial score (nSPS) is 11.9. The quantitative estimate of drug-likeness (QED) is 0.136. The summed E-state index contributed by atoms with van der Waals surface area (Å²) < 4.78 is 0. The minimum Gasteiger partial charge on any atom is -0.143 e. The molecule has 0 N–H and O–H groups in total.